The standard InChI is InChI=1S/C24H35N3O/c28-23-7-4-12-26(23)16-15-25-13-10-24(11-14-25)17-21(20-5-2-1-3-6-20)18-27(19-24)22-8-9-22/h1-3,5-6,21-22H,4,7-19H2/t21-/m0/s1. The van der Waals surface area contributed by atoms with Crippen molar-refractivity contribution < 1.29 is 4.79 Å². The van der Waals surface area contributed by atoms with Crippen LogP contribution < -0.4 is 0 Å². The Balaban J connectivity index is 1.21. The molecule has 0 unspecified atom stereocenters. The molecule has 0 N–H and O–H groups in total. The zero-order valence-electron chi connectivity index (χ0n) is 17.2. The number of carbonyl (C=O) groups excluding carboxylic acids is 1. The molecule has 0 bridgehead atoms. The molecule has 28 heavy (non-hydrogen) atoms. The van der Waals surface area contributed by atoms with Crippen molar-refractivity contribution in [1.29, 1.82) is 0 Å². The second-order valence-electron chi connectivity index (χ2n) is 9.80. The molecule has 1 atom stereocenters. The highest BCUT2D eigenvalue weighted by Gasteiger charge is 2.45. The van der Waals surface area contributed by atoms with Crippen molar-refractivity contribution in [3.05, 3.63) is 35.9 Å². The zero-order valence-corrected chi connectivity index (χ0v) is 17.2. The summed E-state index contributed by atoms with van der Waals surface area (Å²) in [7, 11) is 0. The van der Waals surface area contributed by atoms with E-state index in [9.17, 15) is 4.79 Å². The Hall–Kier alpha value is -1.39. The quantitative estimate of drug-likeness (QED) is 0.783. The summed E-state index contributed by atoms with van der Waals surface area (Å²) in [6, 6.07) is 12.1. The Morgan fingerprint density at radius 3 is 2.46 bits per heavy atom. The molecular weight excluding hydrogens is 346 g/mol. The van der Waals surface area contributed by atoms with Gasteiger partial charge in [0.25, 0.3) is 0 Å². The van der Waals surface area contributed by atoms with E-state index >= 15 is 0 Å². The van der Waals surface area contributed by atoms with Crippen molar-refractivity contribution in [2.75, 3.05) is 45.8 Å². The maximum absolute atomic E-state index is 11.9. The summed E-state index contributed by atoms with van der Waals surface area (Å²) < 4.78 is 0. The fraction of sp³-hybridized carbons (Fsp3) is 0.708. The maximum atomic E-state index is 11.9. The number of hydrogen-bond acceptors (Lipinski definition) is 3. The van der Waals surface area contributed by atoms with Crippen LogP contribution in [-0.4, -0.2) is 72.5 Å². The van der Waals surface area contributed by atoms with Crippen LogP contribution in [0.15, 0.2) is 30.3 Å². The van der Waals surface area contributed by atoms with Crippen LogP contribution in [0.4, 0.5) is 0 Å². The van der Waals surface area contributed by atoms with E-state index in [1.165, 1.54) is 58.3 Å². The van der Waals surface area contributed by atoms with Gasteiger partial charge in [-0.15, -0.1) is 0 Å². The van der Waals surface area contributed by atoms with Crippen molar-refractivity contribution in [1.82, 2.24) is 14.7 Å². The molecule has 3 aliphatic heterocycles. The predicted octanol–water partition coefficient (Wildman–Crippen LogP) is 3.34. The summed E-state index contributed by atoms with van der Waals surface area (Å²) in [5.74, 6) is 1.07. The number of hydrogen-bond donors (Lipinski definition) is 0. The summed E-state index contributed by atoms with van der Waals surface area (Å²) in [6.07, 6.45) is 8.65. The van der Waals surface area contributed by atoms with Gasteiger partial charge in [-0.25, -0.2) is 0 Å². The molecular formula is C24H35N3O. The summed E-state index contributed by atoms with van der Waals surface area (Å²) in [5, 5.41) is 0. The number of rotatable bonds is 5. The van der Waals surface area contributed by atoms with Crippen molar-refractivity contribution in [3.63, 3.8) is 0 Å². The SMILES string of the molecule is O=C1CCCN1CCN1CCC2(CC1)C[C@H](c1ccccc1)CN(C1CC1)C2. The smallest absolute Gasteiger partial charge is 0.222 e. The van der Waals surface area contributed by atoms with E-state index in [-0.39, 0.29) is 0 Å². The number of carbonyl (C=O) groups is 1. The first-order valence-corrected chi connectivity index (χ1v) is 11.5. The lowest BCUT2D eigenvalue weighted by molar-refractivity contribution is -0.128. The molecule has 152 valence electrons. The van der Waals surface area contributed by atoms with E-state index < -0.39 is 0 Å². The lowest BCUT2D eigenvalue weighted by Gasteiger charge is -2.50. The van der Waals surface area contributed by atoms with E-state index in [0.717, 1.165) is 38.5 Å². The highest BCUT2D eigenvalue weighted by atomic mass is 16.2. The van der Waals surface area contributed by atoms with E-state index in [2.05, 4.69) is 45.0 Å². The van der Waals surface area contributed by atoms with Gasteiger partial charge < -0.3 is 9.80 Å². The largest absolute Gasteiger partial charge is 0.341 e. The van der Waals surface area contributed by atoms with Crippen LogP contribution in [0, 0.1) is 5.41 Å². The minimum atomic E-state index is 0.367. The second-order valence-corrected chi connectivity index (χ2v) is 9.80. The van der Waals surface area contributed by atoms with Gasteiger partial charge in [0.15, 0.2) is 0 Å². The molecule has 1 amide bonds. The van der Waals surface area contributed by atoms with E-state index in [1.807, 2.05) is 0 Å². The molecule has 1 aromatic carbocycles. The van der Waals surface area contributed by atoms with Crippen molar-refractivity contribution in [2.45, 2.75) is 56.9 Å². The maximum Gasteiger partial charge on any atom is 0.222 e. The number of likely N-dealkylation sites (tertiary alicyclic amines) is 3. The molecule has 1 aliphatic carbocycles. The van der Waals surface area contributed by atoms with Crippen LogP contribution in [0.25, 0.3) is 0 Å². The first-order valence-electron chi connectivity index (χ1n) is 11.5. The molecule has 5 rings (SSSR count). The lowest BCUT2D eigenvalue weighted by Crippen LogP contribution is -2.52. The van der Waals surface area contributed by atoms with Crippen molar-refractivity contribution in [2.24, 2.45) is 5.41 Å². The monoisotopic (exact) mass is 381 g/mol. The molecule has 0 radical (unpaired) electrons. The van der Waals surface area contributed by atoms with E-state index in [0.29, 0.717) is 17.2 Å². The summed E-state index contributed by atoms with van der Waals surface area (Å²) in [6.45, 7) is 7.98. The Morgan fingerprint density at radius 2 is 1.79 bits per heavy atom. The Kier molecular flexibility index (Phi) is 5.18. The molecule has 4 aliphatic rings. The van der Waals surface area contributed by atoms with Gasteiger partial charge >= 0.3 is 0 Å². The summed E-state index contributed by atoms with van der Waals surface area (Å²) in [5.41, 5.74) is 2.05. The number of benzene rings is 1. The Labute approximate surface area is 169 Å². The van der Waals surface area contributed by atoms with E-state index in [4.69, 9.17) is 0 Å². The number of piperidine rings is 2. The average molecular weight is 382 g/mol. The third-order valence-corrected chi connectivity index (χ3v) is 7.78. The topological polar surface area (TPSA) is 26.8 Å². The molecule has 4 heteroatoms. The van der Waals surface area contributed by atoms with Crippen LogP contribution in [-0.2, 0) is 4.79 Å². The normalized spacial score (nSPS) is 28.9. The minimum Gasteiger partial charge on any atom is -0.341 e. The zero-order chi connectivity index (χ0) is 19.0. The van der Waals surface area contributed by atoms with Crippen molar-refractivity contribution in [3.8, 4) is 0 Å². The number of nitrogens with zero attached hydrogens (tertiary/aromatic N) is 3. The predicted molar refractivity (Wildman–Crippen MR) is 112 cm³/mol. The highest BCUT2D eigenvalue weighted by Crippen LogP contribution is 2.47. The van der Waals surface area contributed by atoms with Gasteiger partial charge in [-0.05, 0) is 68.5 Å². The molecule has 1 saturated carbocycles. The minimum absolute atomic E-state index is 0.367. The van der Waals surface area contributed by atoms with Crippen LogP contribution in [0.1, 0.15) is 56.4 Å². The fourth-order valence-corrected chi connectivity index (χ4v) is 5.91. The van der Waals surface area contributed by atoms with Gasteiger partial charge in [0.1, 0.15) is 0 Å². The van der Waals surface area contributed by atoms with E-state index in [1.54, 1.807) is 5.56 Å². The molecule has 1 spiro atoms. The van der Waals surface area contributed by atoms with Crippen LogP contribution in [0.5, 0.6) is 0 Å². The average Bonchev–Trinajstić information content (AvgIpc) is 3.50. The Bertz CT molecular complexity index is 678. The molecule has 0 aromatic heterocycles. The third-order valence-electron chi connectivity index (χ3n) is 7.78. The second kappa shape index (κ2) is 7.79. The van der Waals surface area contributed by atoms with Gasteiger partial charge in [0.05, 0.1) is 0 Å². The van der Waals surface area contributed by atoms with Crippen LogP contribution in [0.3, 0.4) is 0 Å². The first kappa shape index (κ1) is 18.6. The van der Waals surface area contributed by atoms with Gasteiger partial charge in [-0.2, -0.15) is 0 Å². The van der Waals surface area contributed by atoms with Crippen LogP contribution in [0.2, 0.25) is 0 Å². The van der Waals surface area contributed by atoms with Gasteiger partial charge in [-0.3, -0.25) is 9.69 Å². The van der Waals surface area contributed by atoms with Gasteiger partial charge in [0.2, 0.25) is 5.91 Å². The molecule has 4 fully saturated rings. The van der Waals surface area contributed by atoms with Crippen LogP contribution >= 0.6 is 0 Å². The molecule has 4 nitrogen and oxygen atoms in total. The first-order chi connectivity index (χ1) is 13.7. The fourth-order valence-electron chi connectivity index (χ4n) is 5.91. The Morgan fingerprint density at radius 1 is 1.00 bits per heavy atom. The van der Waals surface area contributed by atoms with Gasteiger partial charge in [-0.1, -0.05) is 30.3 Å². The van der Waals surface area contributed by atoms with Gasteiger partial charge in [0, 0.05) is 45.2 Å². The highest BCUT2D eigenvalue weighted by molar-refractivity contribution is 5.78. The summed E-state index contributed by atoms with van der Waals surface area (Å²) >= 11 is 0. The lowest BCUT2D eigenvalue weighted by atomic mass is 9.68. The van der Waals surface area contributed by atoms with Crippen molar-refractivity contribution >= 4 is 5.91 Å². The number of amides is 1. The molecule has 1 aromatic rings. The third kappa shape index (κ3) is 3.99. The molecule has 3 heterocycles. The summed E-state index contributed by atoms with van der Waals surface area (Å²) in [4.78, 5) is 19.4. The molecule has 3 saturated heterocycles.